The second-order valence-electron chi connectivity index (χ2n) is 4.19. The average Bonchev–Trinajstić information content (AvgIpc) is 2.77. The maximum Gasteiger partial charge on any atom is 0.272 e. The van der Waals surface area contributed by atoms with E-state index in [1.807, 2.05) is 11.4 Å². The zero-order valence-electron chi connectivity index (χ0n) is 10.0. The van der Waals surface area contributed by atoms with Gasteiger partial charge in [0, 0.05) is 6.54 Å². The molecule has 0 bridgehead atoms. The van der Waals surface area contributed by atoms with E-state index < -0.39 is 0 Å². The summed E-state index contributed by atoms with van der Waals surface area (Å²) < 4.78 is 3.00. The fourth-order valence-corrected chi connectivity index (χ4v) is 3.01. The third-order valence-corrected chi connectivity index (χ3v) is 4.41. The highest BCUT2D eigenvalue weighted by Gasteiger charge is 2.10. The standard InChI is InChI=1S/C12H16N2OS2/c1-3-8(4-2)7-14-11(15)10-9(5-6-17-10)13-12(14)16/h5-6,8H,3-4,7H2,1-2H3,(H,13,16). The van der Waals surface area contributed by atoms with Crippen LogP contribution in [-0.4, -0.2) is 9.55 Å². The van der Waals surface area contributed by atoms with E-state index in [0.717, 1.165) is 29.6 Å². The zero-order valence-corrected chi connectivity index (χ0v) is 11.7. The molecule has 0 saturated heterocycles. The SMILES string of the molecule is CCC(CC)Cn1c(=S)[nH]c2ccsc2c1=O. The summed E-state index contributed by atoms with van der Waals surface area (Å²) in [5, 5.41) is 1.92. The van der Waals surface area contributed by atoms with Crippen molar-refractivity contribution in [1.29, 1.82) is 0 Å². The maximum absolute atomic E-state index is 12.3. The molecule has 0 aliphatic heterocycles. The molecule has 5 heteroatoms. The fraction of sp³-hybridized carbons (Fsp3) is 0.500. The van der Waals surface area contributed by atoms with E-state index in [2.05, 4.69) is 18.8 Å². The van der Waals surface area contributed by atoms with Gasteiger partial charge in [0.15, 0.2) is 4.77 Å². The molecular weight excluding hydrogens is 252 g/mol. The van der Waals surface area contributed by atoms with Crippen molar-refractivity contribution in [3.05, 3.63) is 26.6 Å². The van der Waals surface area contributed by atoms with Crippen molar-refractivity contribution in [2.24, 2.45) is 5.92 Å². The highest BCUT2D eigenvalue weighted by atomic mass is 32.1. The summed E-state index contributed by atoms with van der Waals surface area (Å²) in [7, 11) is 0. The minimum atomic E-state index is 0.0469. The van der Waals surface area contributed by atoms with E-state index in [9.17, 15) is 4.79 Å². The van der Waals surface area contributed by atoms with Gasteiger partial charge in [-0.25, -0.2) is 0 Å². The molecule has 0 unspecified atom stereocenters. The largest absolute Gasteiger partial charge is 0.331 e. The van der Waals surface area contributed by atoms with Crippen LogP contribution in [0.25, 0.3) is 10.2 Å². The molecule has 0 amide bonds. The van der Waals surface area contributed by atoms with Gasteiger partial charge in [-0.15, -0.1) is 11.3 Å². The zero-order chi connectivity index (χ0) is 12.4. The predicted octanol–water partition coefficient (Wildman–Crippen LogP) is 3.56. The van der Waals surface area contributed by atoms with Crippen molar-refractivity contribution in [3.63, 3.8) is 0 Å². The fourth-order valence-electron chi connectivity index (χ4n) is 1.94. The quantitative estimate of drug-likeness (QED) is 0.861. The van der Waals surface area contributed by atoms with Crippen molar-refractivity contribution in [1.82, 2.24) is 9.55 Å². The molecule has 0 aliphatic carbocycles. The number of aromatic nitrogens is 2. The summed E-state index contributed by atoms with van der Waals surface area (Å²) in [5.41, 5.74) is 0.899. The van der Waals surface area contributed by atoms with Gasteiger partial charge in [0.1, 0.15) is 4.70 Å². The van der Waals surface area contributed by atoms with Gasteiger partial charge in [-0.2, -0.15) is 0 Å². The lowest BCUT2D eigenvalue weighted by Gasteiger charge is -2.14. The lowest BCUT2D eigenvalue weighted by molar-refractivity contribution is 0.408. The minimum absolute atomic E-state index is 0.0469. The number of hydrogen-bond acceptors (Lipinski definition) is 3. The molecule has 17 heavy (non-hydrogen) atoms. The second-order valence-corrected chi connectivity index (χ2v) is 5.49. The lowest BCUT2D eigenvalue weighted by Crippen LogP contribution is -2.24. The first-order valence-electron chi connectivity index (χ1n) is 5.87. The number of thiophene rings is 1. The van der Waals surface area contributed by atoms with Gasteiger partial charge in [0.05, 0.1) is 5.52 Å². The summed E-state index contributed by atoms with van der Waals surface area (Å²) in [4.78, 5) is 15.4. The first-order chi connectivity index (χ1) is 8.17. The van der Waals surface area contributed by atoms with Crippen LogP contribution in [0.3, 0.4) is 0 Å². The van der Waals surface area contributed by atoms with Crippen molar-refractivity contribution in [3.8, 4) is 0 Å². The number of rotatable bonds is 4. The van der Waals surface area contributed by atoms with Crippen LogP contribution >= 0.6 is 23.6 Å². The normalized spacial score (nSPS) is 11.5. The Morgan fingerprint density at radius 2 is 2.18 bits per heavy atom. The van der Waals surface area contributed by atoms with E-state index in [1.165, 1.54) is 11.3 Å². The van der Waals surface area contributed by atoms with Gasteiger partial charge in [0.25, 0.3) is 5.56 Å². The molecule has 0 atom stereocenters. The summed E-state index contributed by atoms with van der Waals surface area (Å²) in [6, 6.07) is 1.90. The van der Waals surface area contributed by atoms with Gasteiger partial charge in [-0.1, -0.05) is 26.7 Å². The topological polar surface area (TPSA) is 37.8 Å². The number of hydrogen-bond donors (Lipinski definition) is 1. The van der Waals surface area contributed by atoms with Crippen LogP contribution in [0.4, 0.5) is 0 Å². The van der Waals surface area contributed by atoms with Crippen molar-refractivity contribution in [2.45, 2.75) is 33.2 Å². The Hall–Kier alpha value is -0.940. The van der Waals surface area contributed by atoms with Gasteiger partial charge in [-0.05, 0) is 29.6 Å². The molecule has 0 radical (unpaired) electrons. The van der Waals surface area contributed by atoms with Gasteiger partial charge in [0.2, 0.25) is 0 Å². The monoisotopic (exact) mass is 268 g/mol. The molecular formula is C12H16N2OS2. The smallest absolute Gasteiger partial charge is 0.272 e. The summed E-state index contributed by atoms with van der Waals surface area (Å²) in [6.07, 6.45) is 2.14. The van der Waals surface area contributed by atoms with Gasteiger partial charge < -0.3 is 4.98 Å². The maximum atomic E-state index is 12.3. The molecule has 0 saturated carbocycles. The molecule has 2 aromatic rings. The molecule has 0 fully saturated rings. The lowest BCUT2D eigenvalue weighted by atomic mass is 10.0. The van der Waals surface area contributed by atoms with Crippen LogP contribution in [0.2, 0.25) is 0 Å². The third kappa shape index (κ3) is 2.35. The van der Waals surface area contributed by atoms with Crippen LogP contribution in [0.5, 0.6) is 0 Å². The number of nitrogens with zero attached hydrogens (tertiary/aromatic N) is 1. The van der Waals surface area contributed by atoms with Gasteiger partial charge in [-0.3, -0.25) is 9.36 Å². The average molecular weight is 268 g/mol. The van der Waals surface area contributed by atoms with Crippen molar-refractivity contribution in [2.75, 3.05) is 0 Å². The van der Waals surface area contributed by atoms with E-state index in [4.69, 9.17) is 12.2 Å². The van der Waals surface area contributed by atoms with E-state index >= 15 is 0 Å². The molecule has 3 nitrogen and oxygen atoms in total. The molecule has 0 spiro atoms. The highest BCUT2D eigenvalue weighted by Crippen LogP contribution is 2.15. The van der Waals surface area contributed by atoms with Crippen LogP contribution in [0, 0.1) is 10.7 Å². The Labute approximate surface area is 109 Å². The highest BCUT2D eigenvalue weighted by molar-refractivity contribution is 7.71. The Bertz CT molecular complexity index is 619. The summed E-state index contributed by atoms with van der Waals surface area (Å²) in [6.45, 7) is 5.01. The molecule has 2 rings (SSSR count). The van der Waals surface area contributed by atoms with Crippen molar-refractivity contribution < 1.29 is 0 Å². The van der Waals surface area contributed by atoms with Crippen molar-refractivity contribution >= 4 is 33.8 Å². The number of H-pyrrole nitrogens is 1. The Morgan fingerprint density at radius 3 is 2.82 bits per heavy atom. The number of fused-ring (bicyclic) bond motifs is 1. The van der Waals surface area contributed by atoms with Crippen LogP contribution in [-0.2, 0) is 6.54 Å². The Morgan fingerprint density at radius 1 is 1.47 bits per heavy atom. The first kappa shape index (κ1) is 12.5. The number of nitrogens with one attached hydrogen (secondary N) is 1. The molecule has 2 heterocycles. The third-order valence-electron chi connectivity index (χ3n) is 3.19. The molecule has 2 aromatic heterocycles. The Balaban J connectivity index is 2.53. The van der Waals surface area contributed by atoms with Crippen LogP contribution in [0.1, 0.15) is 26.7 Å². The number of aromatic amines is 1. The summed E-state index contributed by atoms with van der Waals surface area (Å²) in [5.74, 6) is 0.514. The summed E-state index contributed by atoms with van der Waals surface area (Å²) >= 11 is 6.73. The van der Waals surface area contributed by atoms with E-state index in [1.54, 1.807) is 4.57 Å². The van der Waals surface area contributed by atoms with Gasteiger partial charge >= 0.3 is 0 Å². The van der Waals surface area contributed by atoms with Crippen LogP contribution in [0.15, 0.2) is 16.2 Å². The molecule has 1 N–H and O–H groups in total. The minimum Gasteiger partial charge on any atom is -0.331 e. The molecule has 92 valence electrons. The Kier molecular flexibility index (Phi) is 3.79. The van der Waals surface area contributed by atoms with Crippen LogP contribution < -0.4 is 5.56 Å². The second kappa shape index (κ2) is 5.14. The van der Waals surface area contributed by atoms with E-state index in [0.29, 0.717) is 10.7 Å². The van der Waals surface area contributed by atoms with E-state index in [-0.39, 0.29) is 5.56 Å². The first-order valence-corrected chi connectivity index (χ1v) is 7.16. The predicted molar refractivity (Wildman–Crippen MR) is 75.3 cm³/mol. The molecule has 0 aliphatic rings. The molecule has 0 aromatic carbocycles.